The molecule has 0 aromatic heterocycles. The van der Waals surface area contributed by atoms with Crippen molar-refractivity contribution in [1.82, 2.24) is 4.90 Å². The number of β-amino-alcohol motifs (C(OH)–C–C–N with tert-alkyl or cyclic N) is 1. The van der Waals surface area contributed by atoms with Crippen LogP contribution < -0.4 is 5.73 Å². The number of hydrogen-bond donors (Lipinski definition) is 3. The van der Waals surface area contributed by atoms with Crippen molar-refractivity contribution in [1.29, 1.82) is 0 Å². The molecule has 0 spiro atoms. The molecule has 4 N–H and O–H groups in total. The number of hydrogen-bond acceptors (Lipinski definition) is 4. The quantitative estimate of drug-likeness (QED) is 0.620. The van der Waals surface area contributed by atoms with Gasteiger partial charge in [-0.25, -0.2) is 0 Å². The minimum Gasteiger partial charge on any atom is -0.480 e. The van der Waals surface area contributed by atoms with Crippen LogP contribution in [-0.4, -0.2) is 51.9 Å². The van der Waals surface area contributed by atoms with Gasteiger partial charge in [-0.3, -0.25) is 9.69 Å². The van der Waals surface area contributed by atoms with Crippen LogP contribution in [0.25, 0.3) is 0 Å². The zero-order valence-electron chi connectivity index (χ0n) is 10.1. The Morgan fingerprint density at radius 1 is 1.50 bits per heavy atom. The number of likely N-dealkylation sites (tertiary alicyclic amines) is 1. The molecular formula is C11H22N2O3. The minimum absolute atomic E-state index is 0.324. The van der Waals surface area contributed by atoms with Gasteiger partial charge >= 0.3 is 5.97 Å². The van der Waals surface area contributed by atoms with Crippen LogP contribution in [0.4, 0.5) is 0 Å². The van der Waals surface area contributed by atoms with E-state index in [0.717, 1.165) is 0 Å². The maximum absolute atomic E-state index is 11.0. The molecule has 1 rings (SSSR count). The van der Waals surface area contributed by atoms with Gasteiger partial charge in [-0.1, -0.05) is 13.8 Å². The van der Waals surface area contributed by atoms with Gasteiger partial charge in [0.15, 0.2) is 0 Å². The molecule has 1 saturated heterocycles. The van der Waals surface area contributed by atoms with Gasteiger partial charge in [-0.05, 0) is 19.3 Å². The molecule has 1 fully saturated rings. The Bertz CT molecular complexity index is 266. The third-order valence-corrected chi connectivity index (χ3v) is 3.64. The first kappa shape index (κ1) is 13.4. The first-order chi connectivity index (χ1) is 7.35. The molecule has 1 aliphatic heterocycles. The molecule has 0 aromatic carbocycles. The standard InChI is InChI=1S/C11H22N2O3/c1-3-10(16,4-2)7-13-6-5-11(12,8-13)9(14)15/h16H,3-8,12H2,1-2H3,(H,14,15). The Balaban J connectivity index is 2.57. The summed E-state index contributed by atoms with van der Waals surface area (Å²) in [4.78, 5) is 12.9. The summed E-state index contributed by atoms with van der Waals surface area (Å²) in [6, 6.07) is 0. The van der Waals surface area contributed by atoms with E-state index in [1.54, 1.807) is 0 Å². The first-order valence-corrected chi connectivity index (χ1v) is 5.82. The van der Waals surface area contributed by atoms with Crippen LogP contribution in [0.1, 0.15) is 33.1 Å². The highest BCUT2D eigenvalue weighted by atomic mass is 16.4. The van der Waals surface area contributed by atoms with Crippen LogP contribution in [0.15, 0.2) is 0 Å². The van der Waals surface area contributed by atoms with E-state index in [1.807, 2.05) is 18.7 Å². The van der Waals surface area contributed by atoms with E-state index in [9.17, 15) is 9.90 Å². The van der Waals surface area contributed by atoms with E-state index in [1.165, 1.54) is 0 Å². The van der Waals surface area contributed by atoms with Gasteiger partial charge in [-0.15, -0.1) is 0 Å². The summed E-state index contributed by atoms with van der Waals surface area (Å²) in [5.74, 6) is -0.952. The molecule has 1 aliphatic rings. The largest absolute Gasteiger partial charge is 0.480 e. The van der Waals surface area contributed by atoms with Crippen molar-refractivity contribution in [3.63, 3.8) is 0 Å². The van der Waals surface area contributed by atoms with Gasteiger partial charge in [0.2, 0.25) is 0 Å². The second kappa shape index (κ2) is 4.69. The average molecular weight is 230 g/mol. The lowest BCUT2D eigenvalue weighted by Gasteiger charge is -2.31. The molecule has 0 radical (unpaired) electrons. The molecule has 0 aliphatic carbocycles. The Kier molecular flexibility index (Phi) is 3.93. The van der Waals surface area contributed by atoms with E-state index in [4.69, 9.17) is 10.8 Å². The zero-order valence-corrected chi connectivity index (χ0v) is 10.1. The molecule has 0 bridgehead atoms. The van der Waals surface area contributed by atoms with Crippen LogP contribution in [0.3, 0.4) is 0 Å². The van der Waals surface area contributed by atoms with Gasteiger partial charge in [0.05, 0.1) is 5.60 Å². The monoisotopic (exact) mass is 230 g/mol. The molecule has 0 aromatic rings. The van der Waals surface area contributed by atoms with E-state index < -0.39 is 17.1 Å². The topological polar surface area (TPSA) is 86.8 Å². The highest BCUT2D eigenvalue weighted by Crippen LogP contribution is 2.23. The van der Waals surface area contributed by atoms with Gasteiger partial charge in [0.25, 0.3) is 0 Å². The van der Waals surface area contributed by atoms with Crippen molar-refractivity contribution in [2.24, 2.45) is 5.73 Å². The highest BCUT2D eigenvalue weighted by molar-refractivity contribution is 5.79. The number of rotatable bonds is 5. The maximum Gasteiger partial charge on any atom is 0.325 e. The predicted octanol–water partition coefficient (Wildman–Crippen LogP) is 0.0253. The van der Waals surface area contributed by atoms with Crippen molar-refractivity contribution in [2.45, 2.75) is 44.2 Å². The lowest BCUT2D eigenvalue weighted by atomic mass is 9.96. The molecule has 0 saturated carbocycles. The summed E-state index contributed by atoms with van der Waals surface area (Å²) in [6.07, 6.45) is 1.79. The number of aliphatic carboxylic acids is 1. The first-order valence-electron chi connectivity index (χ1n) is 5.82. The smallest absolute Gasteiger partial charge is 0.325 e. The molecule has 5 heteroatoms. The Labute approximate surface area is 96.2 Å². The number of nitrogens with two attached hydrogens (primary N) is 1. The lowest BCUT2D eigenvalue weighted by Crippen LogP contribution is -2.51. The number of aliphatic hydroxyl groups is 1. The van der Waals surface area contributed by atoms with Crippen LogP contribution >= 0.6 is 0 Å². The zero-order chi connectivity index (χ0) is 12.4. The van der Waals surface area contributed by atoms with Gasteiger partial charge in [0, 0.05) is 19.6 Å². The van der Waals surface area contributed by atoms with E-state index in [2.05, 4.69) is 0 Å². The molecule has 5 nitrogen and oxygen atoms in total. The molecule has 1 atom stereocenters. The van der Waals surface area contributed by atoms with E-state index in [0.29, 0.717) is 38.9 Å². The van der Waals surface area contributed by atoms with Crippen molar-refractivity contribution in [3.8, 4) is 0 Å². The highest BCUT2D eigenvalue weighted by Gasteiger charge is 2.42. The van der Waals surface area contributed by atoms with E-state index in [-0.39, 0.29) is 0 Å². The third-order valence-electron chi connectivity index (χ3n) is 3.64. The number of carboxylic acids is 1. The summed E-state index contributed by atoms with van der Waals surface area (Å²) in [6.45, 7) is 5.35. The fourth-order valence-corrected chi connectivity index (χ4v) is 2.11. The summed E-state index contributed by atoms with van der Waals surface area (Å²) >= 11 is 0. The normalized spacial score (nSPS) is 27.2. The molecule has 1 heterocycles. The van der Waals surface area contributed by atoms with Crippen LogP contribution in [0, 0.1) is 0 Å². The van der Waals surface area contributed by atoms with Crippen molar-refractivity contribution in [2.75, 3.05) is 19.6 Å². The SMILES string of the molecule is CCC(O)(CC)CN1CCC(N)(C(=O)O)C1. The second-order valence-corrected chi connectivity index (χ2v) is 4.85. The van der Waals surface area contributed by atoms with Gasteiger partial charge in [-0.2, -0.15) is 0 Å². The van der Waals surface area contributed by atoms with Gasteiger partial charge < -0.3 is 15.9 Å². The fourth-order valence-electron chi connectivity index (χ4n) is 2.11. The Morgan fingerprint density at radius 3 is 2.44 bits per heavy atom. The molecule has 16 heavy (non-hydrogen) atoms. The van der Waals surface area contributed by atoms with E-state index >= 15 is 0 Å². The van der Waals surface area contributed by atoms with Crippen LogP contribution in [0.2, 0.25) is 0 Å². The Hall–Kier alpha value is -0.650. The molecule has 0 amide bonds. The van der Waals surface area contributed by atoms with Crippen molar-refractivity contribution >= 4 is 5.97 Å². The summed E-state index contributed by atoms with van der Waals surface area (Å²) < 4.78 is 0. The number of carboxylic acid groups (broad SMARTS) is 1. The Morgan fingerprint density at radius 2 is 2.06 bits per heavy atom. The minimum atomic E-state index is -1.14. The number of nitrogens with zero attached hydrogens (tertiary/aromatic N) is 1. The van der Waals surface area contributed by atoms with Gasteiger partial charge in [0.1, 0.15) is 5.54 Å². The van der Waals surface area contributed by atoms with Crippen LogP contribution in [-0.2, 0) is 4.79 Å². The van der Waals surface area contributed by atoms with Crippen LogP contribution in [0.5, 0.6) is 0 Å². The molecule has 94 valence electrons. The summed E-state index contributed by atoms with van der Waals surface area (Å²) in [7, 11) is 0. The fraction of sp³-hybridized carbons (Fsp3) is 0.909. The van der Waals surface area contributed by atoms with Crippen molar-refractivity contribution < 1.29 is 15.0 Å². The van der Waals surface area contributed by atoms with Crippen molar-refractivity contribution in [3.05, 3.63) is 0 Å². The number of carbonyl (C=O) groups is 1. The third kappa shape index (κ3) is 2.72. The predicted molar refractivity (Wildman–Crippen MR) is 61.1 cm³/mol. The lowest BCUT2D eigenvalue weighted by molar-refractivity contribution is -0.142. The summed E-state index contributed by atoms with van der Waals surface area (Å²) in [5.41, 5.74) is 3.92. The second-order valence-electron chi connectivity index (χ2n) is 4.85. The molecule has 1 unspecified atom stereocenters. The molecular weight excluding hydrogens is 208 g/mol. The average Bonchev–Trinajstić information content (AvgIpc) is 2.61. The maximum atomic E-state index is 11.0. The summed E-state index contributed by atoms with van der Waals surface area (Å²) in [5, 5.41) is 19.2.